The normalized spacial score (nSPS) is 16.2. The van der Waals surface area contributed by atoms with E-state index in [4.69, 9.17) is 0 Å². The van der Waals surface area contributed by atoms with Crippen molar-refractivity contribution in [1.82, 2.24) is 10.2 Å². The summed E-state index contributed by atoms with van der Waals surface area (Å²) < 4.78 is 0. The highest BCUT2D eigenvalue weighted by Gasteiger charge is 2.13. The fraction of sp³-hybridized carbons (Fsp3) is 0.500. The Kier molecular flexibility index (Phi) is 5.26. The number of nitrogens with zero attached hydrogens (tertiary/aromatic N) is 1. The highest BCUT2D eigenvalue weighted by molar-refractivity contribution is 5.35. The van der Waals surface area contributed by atoms with E-state index >= 15 is 0 Å². The van der Waals surface area contributed by atoms with E-state index in [1.807, 2.05) is 0 Å². The molecule has 1 rings (SSSR count). The Morgan fingerprint density at radius 3 is 2.61 bits per heavy atom. The minimum atomic E-state index is 0.498. The molecule has 2 heteroatoms. The number of likely N-dealkylation sites (N-methyl/N-ethyl adjacent to an activating group) is 1. The summed E-state index contributed by atoms with van der Waals surface area (Å²) >= 11 is 0. The van der Waals surface area contributed by atoms with Gasteiger partial charge < -0.3 is 10.2 Å². The summed E-state index contributed by atoms with van der Waals surface area (Å²) in [5.74, 6) is 0.498. The van der Waals surface area contributed by atoms with Crippen LogP contribution in [0.25, 0.3) is 0 Å². The molecule has 0 unspecified atom stereocenters. The molecule has 0 aromatic rings. The van der Waals surface area contributed by atoms with Crippen molar-refractivity contribution in [3.05, 3.63) is 47.5 Å². The van der Waals surface area contributed by atoms with Crippen LogP contribution in [0.5, 0.6) is 0 Å². The van der Waals surface area contributed by atoms with Crippen LogP contribution in [-0.4, -0.2) is 19.0 Å². The van der Waals surface area contributed by atoms with Gasteiger partial charge in [0.15, 0.2) is 0 Å². The molecular weight excluding hydrogens is 220 g/mol. The van der Waals surface area contributed by atoms with Crippen molar-refractivity contribution < 1.29 is 0 Å². The molecule has 18 heavy (non-hydrogen) atoms. The molecule has 0 heterocycles. The van der Waals surface area contributed by atoms with Gasteiger partial charge in [-0.2, -0.15) is 0 Å². The van der Waals surface area contributed by atoms with Gasteiger partial charge in [-0.25, -0.2) is 0 Å². The maximum atomic E-state index is 4.18. The Morgan fingerprint density at radius 1 is 1.44 bits per heavy atom. The molecule has 0 saturated carbocycles. The standard InChI is InChI=1S/C16H26N2/c1-7-14(12(2)3)13(4)17-15-10-8-9-11-16(15)18(5)6/h7,9,11-12,17H,4,8,10H2,1-3,5-6H3/b14-7-. The van der Waals surface area contributed by atoms with Crippen LogP contribution < -0.4 is 5.32 Å². The van der Waals surface area contributed by atoms with Gasteiger partial charge in [-0.15, -0.1) is 0 Å². The van der Waals surface area contributed by atoms with E-state index in [-0.39, 0.29) is 0 Å². The van der Waals surface area contributed by atoms with Crippen molar-refractivity contribution >= 4 is 0 Å². The van der Waals surface area contributed by atoms with Crippen molar-refractivity contribution in [2.45, 2.75) is 33.6 Å². The van der Waals surface area contributed by atoms with Gasteiger partial charge in [0.25, 0.3) is 0 Å². The highest BCUT2D eigenvalue weighted by Crippen LogP contribution is 2.22. The first-order chi connectivity index (χ1) is 8.47. The second-order valence-electron chi connectivity index (χ2n) is 5.20. The lowest BCUT2D eigenvalue weighted by Gasteiger charge is -2.25. The highest BCUT2D eigenvalue weighted by atomic mass is 15.1. The van der Waals surface area contributed by atoms with Crippen LogP contribution in [0.4, 0.5) is 0 Å². The molecule has 2 nitrogen and oxygen atoms in total. The van der Waals surface area contributed by atoms with Crippen LogP contribution in [0, 0.1) is 5.92 Å². The first-order valence-electron chi connectivity index (χ1n) is 6.66. The lowest BCUT2D eigenvalue weighted by Crippen LogP contribution is -2.23. The Labute approximate surface area is 112 Å². The molecule has 0 bridgehead atoms. The summed E-state index contributed by atoms with van der Waals surface area (Å²) in [7, 11) is 4.16. The molecule has 0 radical (unpaired) electrons. The lowest BCUT2D eigenvalue weighted by molar-refractivity contribution is 0.509. The first-order valence-corrected chi connectivity index (χ1v) is 6.66. The fourth-order valence-electron chi connectivity index (χ4n) is 2.31. The molecule has 0 atom stereocenters. The number of hydrogen-bond donors (Lipinski definition) is 1. The average Bonchev–Trinajstić information content (AvgIpc) is 2.29. The molecule has 0 fully saturated rings. The average molecular weight is 246 g/mol. The molecular formula is C16H26N2. The largest absolute Gasteiger partial charge is 0.376 e. The Morgan fingerprint density at radius 2 is 2.11 bits per heavy atom. The third-order valence-electron chi connectivity index (χ3n) is 3.21. The smallest absolute Gasteiger partial charge is 0.0554 e. The van der Waals surface area contributed by atoms with Crippen molar-refractivity contribution in [3.63, 3.8) is 0 Å². The zero-order valence-corrected chi connectivity index (χ0v) is 12.4. The molecule has 1 aliphatic rings. The van der Waals surface area contributed by atoms with Gasteiger partial charge in [-0.3, -0.25) is 0 Å². The third-order valence-corrected chi connectivity index (χ3v) is 3.21. The molecule has 0 aliphatic heterocycles. The van der Waals surface area contributed by atoms with Gasteiger partial charge >= 0.3 is 0 Å². The zero-order chi connectivity index (χ0) is 13.7. The summed E-state index contributed by atoms with van der Waals surface area (Å²) in [6.45, 7) is 10.6. The van der Waals surface area contributed by atoms with E-state index in [0.29, 0.717) is 5.92 Å². The van der Waals surface area contributed by atoms with Gasteiger partial charge in [0.2, 0.25) is 0 Å². The van der Waals surface area contributed by atoms with Gasteiger partial charge in [-0.1, -0.05) is 32.6 Å². The van der Waals surface area contributed by atoms with Crippen molar-refractivity contribution in [2.75, 3.05) is 14.1 Å². The SMILES string of the molecule is C=C(NC1=C(N(C)C)C=CCC1)/C(=C\C)C(C)C. The quantitative estimate of drug-likeness (QED) is 0.742. The van der Waals surface area contributed by atoms with E-state index in [9.17, 15) is 0 Å². The summed E-state index contributed by atoms with van der Waals surface area (Å²) in [5, 5.41) is 3.51. The minimum Gasteiger partial charge on any atom is -0.376 e. The third kappa shape index (κ3) is 3.52. The molecule has 0 saturated heterocycles. The summed E-state index contributed by atoms with van der Waals surface area (Å²) in [6, 6.07) is 0. The monoisotopic (exact) mass is 246 g/mol. The molecule has 1 N–H and O–H groups in total. The Hall–Kier alpha value is -1.44. The predicted molar refractivity (Wildman–Crippen MR) is 80.0 cm³/mol. The molecule has 1 aliphatic carbocycles. The number of rotatable bonds is 5. The van der Waals surface area contributed by atoms with E-state index in [2.05, 4.69) is 69.9 Å². The van der Waals surface area contributed by atoms with E-state index in [0.717, 1.165) is 18.5 Å². The van der Waals surface area contributed by atoms with E-state index in [1.165, 1.54) is 17.0 Å². The number of allylic oxidation sites excluding steroid dienone is 5. The Balaban J connectivity index is 2.89. The van der Waals surface area contributed by atoms with Gasteiger partial charge in [0.1, 0.15) is 0 Å². The van der Waals surface area contributed by atoms with Gasteiger partial charge in [0, 0.05) is 25.5 Å². The van der Waals surface area contributed by atoms with Gasteiger partial charge in [-0.05, 0) is 37.3 Å². The number of hydrogen-bond acceptors (Lipinski definition) is 2. The molecule has 100 valence electrons. The molecule has 0 amide bonds. The maximum absolute atomic E-state index is 4.18. The van der Waals surface area contributed by atoms with E-state index in [1.54, 1.807) is 0 Å². The van der Waals surface area contributed by atoms with Crippen LogP contribution >= 0.6 is 0 Å². The van der Waals surface area contributed by atoms with Crippen molar-refractivity contribution in [2.24, 2.45) is 5.92 Å². The number of nitrogens with one attached hydrogen (secondary N) is 1. The van der Waals surface area contributed by atoms with E-state index < -0.39 is 0 Å². The summed E-state index contributed by atoms with van der Waals surface area (Å²) in [5.41, 5.74) is 4.83. The second-order valence-corrected chi connectivity index (χ2v) is 5.20. The van der Waals surface area contributed by atoms with Crippen LogP contribution in [0.1, 0.15) is 33.6 Å². The minimum absolute atomic E-state index is 0.498. The molecule has 0 spiro atoms. The predicted octanol–water partition coefficient (Wildman–Crippen LogP) is 3.82. The van der Waals surface area contributed by atoms with Crippen LogP contribution in [0.3, 0.4) is 0 Å². The van der Waals surface area contributed by atoms with Crippen molar-refractivity contribution in [3.8, 4) is 0 Å². The zero-order valence-electron chi connectivity index (χ0n) is 12.4. The molecule has 0 aromatic carbocycles. The van der Waals surface area contributed by atoms with Crippen LogP contribution in [0.2, 0.25) is 0 Å². The van der Waals surface area contributed by atoms with Crippen molar-refractivity contribution in [1.29, 1.82) is 0 Å². The van der Waals surface area contributed by atoms with Crippen LogP contribution in [0.15, 0.2) is 47.5 Å². The summed E-state index contributed by atoms with van der Waals surface area (Å²) in [4.78, 5) is 2.15. The summed E-state index contributed by atoms with van der Waals surface area (Å²) in [6.07, 6.45) is 8.71. The second kappa shape index (κ2) is 6.48. The maximum Gasteiger partial charge on any atom is 0.0554 e. The lowest BCUT2D eigenvalue weighted by atomic mass is 9.99. The Bertz CT molecular complexity index is 395. The van der Waals surface area contributed by atoms with Crippen LogP contribution in [-0.2, 0) is 0 Å². The first kappa shape index (κ1) is 14.6. The van der Waals surface area contributed by atoms with Gasteiger partial charge in [0.05, 0.1) is 5.70 Å². The molecule has 0 aromatic heterocycles. The topological polar surface area (TPSA) is 15.3 Å². The fourth-order valence-corrected chi connectivity index (χ4v) is 2.31.